The number of carbonyl (C=O) groups is 3. The maximum atomic E-state index is 12.6. The summed E-state index contributed by atoms with van der Waals surface area (Å²) in [5.41, 5.74) is 5.24. The van der Waals surface area contributed by atoms with Crippen molar-refractivity contribution in [2.24, 2.45) is 0 Å². The first-order valence-electron chi connectivity index (χ1n) is 12.3. The Morgan fingerprint density at radius 3 is 2.12 bits per heavy atom. The van der Waals surface area contributed by atoms with E-state index in [4.69, 9.17) is 14.2 Å². The van der Waals surface area contributed by atoms with Crippen molar-refractivity contribution >= 4 is 49.4 Å². The largest absolute Gasteiger partial charge is 0.493 e. The number of ether oxygens (including phenoxy) is 3. The van der Waals surface area contributed by atoms with E-state index in [1.54, 1.807) is 17.0 Å². The molecule has 1 aliphatic rings. The zero-order chi connectivity index (χ0) is 29.4. The van der Waals surface area contributed by atoms with Gasteiger partial charge in [0, 0.05) is 34.4 Å². The topological polar surface area (TPSA) is 152 Å². The SMILES string of the molecule is COc1cc(C(=O)NNC(=O)c2ccc(NS(=O)(=O)c3ccc(Br)cc3)cc2)ccc1OCC(=O)N1CCOCC1. The minimum Gasteiger partial charge on any atom is -0.493 e. The highest BCUT2D eigenvalue weighted by Gasteiger charge is 2.19. The number of hydrazine groups is 1. The Morgan fingerprint density at radius 1 is 0.878 bits per heavy atom. The Labute approximate surface area is 245 Å². The molecule has 14 heteroatoms. The fourth-order valence-corrected chi connectivity index (χ4v) is 5.07. The Kier molecular flexibility index (Phi) is 9.81. The fourth-order valence-electron chi connectivity index (χ4n) is 3.75. The molecular formula is C27H27BrN4O8S. The van der Waals surface area contributed by atoms with Crippen molar-refractivity contribution in [2.75, 3.05) is 44.7 Å². The lowest BCUT2D eigenvalue weighted by Gasteiger charge is -2.26. The number of carbonyl (C=O) groups excluding carboxylic acids is 3. The lowest BCUT2D eigenvalue weighted by Crippen LogP contribution is -2.43. The highest BCUT2D eigenvalue weighted by molar-refractivity contribution is 9.10. The molecule has 4 rings (SSSR count). The number of hydrogen-bond donors (Lipinski definition) is 3. The molecule has 12 nitrogen and oxygen atoms in total. The number of sulfonamides is 1. The smallest absolute Gasteiger partial charge is 0.269 e. The number of methoxy groups -OCH3 is 1. The highest BCUT2D eigenvalue weighted by Crippen LogP contribution is 2.28. The average molecular weight is 648 g/mol. The number of anilines is 1. The maximum Gasteiger partial charge on any atom is 0.269 e. The number of rotatable bonds is 9. The molecule has 0 radical (unpaired) electrons. The minimum absolute atomic E-state index is 0.0861. The molecule has 3 aromatic rings. The van der Waals surface area contributed by atoms with Crippen molar-refractivity contribution in [1.82, 2.24) is 15.8 Å². The molecule has 1 heterocycles. The van der Waals surface area contributed by atoms with Gasteiger partial charge in [0.05, 0.1) is 25.2 Å². The minimum atomic E-state index is -3.81. The van der Waals surface area contributed by atoms with E-state index in [9.17, 15) is 22.8 Å². The maximum absolute atomic E-state index is 12.6. The summed E-state index contributed by atoms with van der Waals surface area (Å²) in [6.45, 7) is 1.77. The van der Waals surface area contributed by atoms with E-state index < -0.39 is 21.8 Å². The standard InChI is InChI=1S/C27H27BrN4O8S/c1-38-24-16-19(4-11-23(24)40-17-25(33)32-12-14-39-15-13-32)27(35)30-29-26(34)18-2-7-21(8-3-18)31-41(36,37)22-9-5-20(28)6-10-22/h2-11,16,31H,12-15,17H2,1H3,(H,29,34)(H,30,35). The molecule has 0 unspecified atom stereocenters. The third kappa shape index (κ3) is 7.96. The summed E-state index contributed by atoms with van der Waals surface area (Å²) in [4.78, 5) is 39.2. The van der Waals surface area contributed by atoms with Gasteiger partial charge in [0.1, 0.15) is 0 Å². The third-order valence-electron chi connectivity index (χ3n) is 5.95. The van der Waals surface area contributed by atoms with Gasteiger partial charge in [-0.2, -0.15) is 0 Å². The lowest BCUT2D eigenvalue weighted by atomic mass is 10.2. The number of nitrogens with zero attached hydrogens (tertiary/aromatic N) is 1. The van der Waals surface area contributed by atoms with Crippen LogP contribution in [0.15, 0.2) is 76.1 Å². The monoisotopic (exact) mass is 646 g/mol. The summed E-state index contributed by atoms with van der Waals surface area (Å²) < 4.78 is 44.4. The van der Waals surface area contributed by atoms with Gasteiger partial charge < -0.3 is 19.1 Å². The average Bonchev–Trinajstić information content (AvgIpc) is 2.99. The number of amides is 3. The number of morpholine rings is 1. The van der Waals surface area contributed by atoms with Crippen LogP contribution in [0.3, 0.4) is 0 Å². The summed E-state index contributed by atoms with van der Waals surface area (Å²) in [6, 6.07) is 16.2. The molecule has 0 atom stereocenters. The Hall–Kier alpha value is -4.14. The van der Waals surface area contributed by atoms with Crippen LogP contribution in [-0.4, -0.2) is 71.1 Å². The quantitative estimate of drug-likeness (QED) is 0.300. The van der Waals surface area contributed by atoms with Crippen LogP contribution < -0.4 is 25.0 Å². The summed E-state index contributed by atoms with van der Waals surface area (Å²) in [6.07, 6.45) is 0. The second kappa shape index (κ2) is 13.5. The molecule has 3 amide bonds. The fraction of sp³-hybridized carbons (Fsp3) is 0.222. The van der Waals surface area contributed by atoms with Crippen LogP contribution in [0.1, 0.15) is 20.7 Å². The van der Waals surface area contributed by atoms with E-state index in [1.807, 2.05) is 0 Å². The normalized spacial score (nSPS) is 13.2. The summed E-state index contributed by atoms with van der Waals surface area (Å²) in [7, 11) is -2.41. The molecule has 216 valence electrons. The van der Waals surface area contributed by atoms with Gasteiger partial charge in [-0.05, 0) is 66.7 Å². The van der Waals surface area contributed by atoms with Crippen molar-refractivity contribution in [3.8, 4) is 11.5 Å². The molecule has 3 N–H and O–H groups in total. The van der Waals surface area contributed by atoms with Gasteiger partial charge in [0.15, 0.2) is 18.1 Å². The van der Waals surface area contributed by atoms with Gasteiger partial charge in [-0.1, -0.05) is 15.9 Å². The van der Waals surface area contributed by atoms with E-state index in [0.717, 1.165) is 4.47 Å². The van der Waals surface area contributed by atoms with Gasteiger partial charge >= 0.3 is 0 Å². The van der Waals surface area contributed by atoms with Crippen LogP contribution in [0.25, 0.3) is 0 Å². The van der Waals surface area contributed by atoms with E-state index in [2.05, 4.69) is 31.5 Å². The van der Waals surface area contributed by atoms with Gasteiger partial charge in [-0.25, -0.2) is 8.42 Å². The Morgan fingerprint density at radius 2 is 1.49 bits per heavy atom. The first kappa shape index (κ1) is 29.8. The summed E-state index contributed by atoms with van der Waals surface area (Å²) >= 11 is 3.26. The van der Waals surface area contributed by atoms with Gasteiger partial charge in [-0.15, -0.1) is 0 Å². The van der Waals surface area contributed by atoms with E-state index in [1.165, 1.54) is 61.7 Å². The van der Waals surface area contributed by atoms with E-state index >= 15 is 0 Å². The van der Waals surface area contributed by atoms with E-state index in [0.29, 0.717) is 26.3 Å². The first-order valence-corrected chi connectivity index (χ1v) is 14.6. The number of nitrogens with one attached hydrogen (secondary N) is 3. The summed E-state index contributed by atoms with van der Waals surface area (Å²) in [5, 5.41) is 0. The molecule has 1 fully saturated rings. The summed E-state index contributed by atoms with van der Waals surface area (Å²) in [5.74, 6) is -0.902. The van der Waals surface area contributed by atoms with Gasteiger partial charge in [0.2, 0.25) is 0 Å². The highest BCUT2D eigenvalue weighted by atomic mass is 79.9. The Bertz CT molecular complexity index is 1510. The third-order valence-corrected chi connectivity index (χ3v) is 7.88. The van der Waals surface area contributed by atoms with Crippen LogP contribution >= 0.6 is 15.9 Å². The second-order valence-electron chi connectivity index (χ2n) is 8.69. The second-order valence-corrected chi connectivity index (χ2v) is 11.3. The zero-order valence-corrected chi connectivity index (χ0v) is 24.3. The molecule has 41 heavy (non-hydrogen) atoms. The molecule has 1 saturated heterocycles. The van der Waals surface area contributed by atoms with Crippen LogP contribution in [-0.2, 0) is 19.6 Å². The predicted octanol–water partition coefficient (Wildman–Crippen LogP) is 2.57. The zero-order valence-electron chi connectivity index (χ0n) is 21.9. The van der Waals surface area contributed by atoms with Crippen molar-refractivity contribution in [3.63, 3.8) is 0 Å². The number of halogens is 1. The van der Waals surface area contributed by atoms with Gasteiger partial charge in [-0.3, -0.25) is 30.0 Å². The van der Waals surface area contributed by atoms with Crippen molar-refractivity contribution in [1.29, 1.82) is 0 Å². The van der Waals surface area contributed by atoms with Crippen LogP contribution in [0.4, 0.5) is 5.69 Å². The van der Waals surface area contributed by atoms with E-state index in [-0.39, 0.29) is 45.7 Å². The predicted molar refractivity (Wildman–Crippen MR) is 152 cm³/mol. The number of benzene rings is 3. The Balaban J connectivity index is 1.30. The first-order chi connectivity index (χ1) is 19.7. The molecule has 1 aliphatic heterocycles. The lowest BCUT2D eigenvalue weighted by molar-refractivity contribution is -0.137. The molecule has 3 aromatic carbocycles. The van der Waals surface area contributed by atoms with Crippen LogP contribution in [0.5, 0.6) is 11.5 Å². The molecule has 0 aromatic heterocycles. The molecule has 0 aliphatic carbocycles. The molecule has 0 saturated carbocycles. The van der Waals surface area contributed by atoms with Crippen molar-refractivity contribution in [2.45, 2.75) is 4.90 Å². The van der Waals surface area contributed by atoms with Crippen molar-refractivity contribution in [3.05, 3.63) is 82.3 Å². The van der Waals surface area contributed by atoms with Crippen LogP contribution in [0, 0.1) is 0 Å². The van der Waals surface area contributed by atoms with Gasteiger partial charge in [0.25, 0.3) is 27.7 Å². The molecule has 0 spiro atoms. The van der Waals surface area contributed by atoms with Crippen LogP contribution in [0.2, 0.25) is 0 Å². The molecular weight excluding hydrogens is 620 g/mol. The van der Waals surface area contributed by atoms with Crippen molar-refractivity contribution < 1.29 is 37.0 Å². The number of hydrogen-bond acceptors (Lipinski definition) is 8. The molecule has 0 bridgehead atoms.